The Balaban J connectivity index is 2.11. The van der Waals surface area contributed by atoms with Crippen molar-refractivity contribution in [1.82, 2.24) is 10.4 Å². The van der Waals surface area contributed by atoms with Gasteiger partial charge in [-0.25, -0.2) is 19.6 Å². The number of carbonyl (C=O) groups is 2. The normalized spacial score (nSPS) is 22.8. The monoisotopic (exact) mass is 296 g/mol. The molecule has 21 heavy (non-hydrogen) atoms. The van der Waals surface area contributed by atoms with Gasteiger partial charge in [0.2, 0.25) is 5.91 Å². The summed E-state index contributed by atoms with van der Waals surface area (Å²) in [5.41, 5.74) is 2.37. The van der Waals surface area contributed by atoms with Gasteiger partial charge in [-0.1, -0.05) is 6.08 Å². The first-order chi connectivity index (χ1) is 9.78. The first-order valence-corrected chi connectivity index (χ1v) is 7.15. The van der Waals surface area contributed by atoms with Gasteiger partial charge in [0.1, 0.15) is 11.4 Å². The number of halogens is 1. The number of nitrogens with zero attached hydrogens (tertiary/aromatic N) is 1. The highest BCUT2D eigenvalue weighted by Gasteiger charge is 2.37. The fourth-order valence-corrected chi connectivity index (χ4v) is 2.53. The second kappa shape index (κ2) is 5.87. The van der Waals surface area contributed by atoms with Gasteiger partial charge in [0.05, 0.1) is 6.04 Å². The molecule has 1 aliphatic heterocycles. The van der Waals surface area contributed by atoms with Crippen LogP contribution in [-0.4, -0.2) is 28.7 Å². The average molecular weight is 296 g/mol. The minimum absolute atomic E-state index is 0.222. The van der Waals surface area contributed by atoms with E-state index >= 15 is 0 Å². The Morgan fingerprint density at radius 2 is 2.14 bits per heavy atom. The Morgan fingerprint density at radius 3 is 2.76 bits per heavy atom. The van der Waals surface area contributed by atoms with E-state index in [9.17, 15) is 14.0 Å². The van der Waals surface area contributed by atoms with Crippen LogP contribution in [0.2, 0.25) is 0 Å². The standard InChI is InChI=1S/C15H21FN2O3/c1-15(2,3)21-14(20)17-18-12(8-9-13(18)19)10-6-4-5-7-11(10)16/h5,7,12H,4,6,8-9H2,1-3H3,(H,17,20). The summed E-state index contributed by atoms with van der Waals surface area (Å²) in [4.78, 5) is 23.7. The predicted molar refractivity (Wildman–Crippen MR) is 75.7 cm³/mol. The molecule has 0 aromatic rings. The lowest BCUT2D eigenvalue weighted by Gasteiger charge is -2.29. The fourth-order valence-electron chi connectivity index (χ4n) is 2.53. The molecule has 0 spiro atoms. The summed E-state index contributed by atoms with van der Waals surface area (Å²) in [6.07, 6.45) is 4.59. The number of allylic oxidation sites excluding steroid dienone is 3. The molecule has 1 unspecified atom stereocenters. The topological polar surface area (TPSA) is 58.6 Å². The highest BCUT2D eigenvalue weighted by Crippen LogP contribution is 2.31. The van der Waals surface area contributed by atoms with Crippen LogP contribution in [0.25, 0.3) is 0 Å². The summed E-state index contributed by atoms with van der Waals surface area (Å²) in [6.45, 7) is 5.22. The Labute approximate surface area is 123 Å². The van der Waals surface area contributed by atoms with Gasteiger partial charge >= 0.3 is 6.09 Å². The zero-order chi connectivity index (χ0) is 15.6. The summed E-state index contributed by atoms with van der Waals surface area (Å²) in [5.74, 6) is -0.530. The van der Waals surface area contributed by atoms with Gasteiger partial charge in [0.25, 0.3) is 0 Å². The van der Waals surface area contributed by atoms with Gasteiger partial charge in [0.15, 0.2) is 0 Å². The van der Waals surface area contributed by atoms with Crippen molar-refractivity contribution in [2.24, 2.45) is 0 Å². The average Bonchev–Trinajstić information content (AvgIpc) is 2.69. The summed E-state index contributed by atoms with van der Waals surface area (Å²) in [7, 11) is 0. The van der Waals surface area contributed by atoms with E-state index in [-0.39, 0.29) is 11.7 Å². The maximum absolute atomic E-state index is 13.9. The third-order valence-electron chi connectivity index (χ3n) is 3.38. The Bertz CT molecular complexity index is 506. The van der Waals surface area contributed by atoms with Crippen molar-refractivity contribution in [1.29, 1.82) is 0 Å². The Hall–Kier alpha value is -1.85. The van der Waals surface area contributed by atoms with Crippen molar-refractivity contribution in [2.75, 3.05) is 0 Å². The highest BCUT2D eigenvalue weighted by molar-refractivity contribution is 5.82. The van der Waals surface area contributed by atoms with Crippen LogP contribution in [0.15, 0.2) is 23.6 Å². The predicted octanol–water partition coefficient (Wildman–Crippen LogP) is 2.99. The molecule has 1 fully saturated rings. The number of hydrazine groups is 1. The molecule has 2 rings (SSSR count). The number of nitrogens with one attached hydrogen (secondary N) is 1. The van der Waals surface area contributed by atoms with Crippen LogP contribution in [0.1, 0.15) is 46.5 Å². The molecule has 0 saturated carbocycles. The van der Waals surface area contributed by atoms with E-state index in [4.69, 9.17) is 4.74 Å². The van der Waals surface area contributed by atoms with Crippen LogP contribution < -0.4 is 5.43 Å². The second-order valence-electron chi connectivity index (χ2n) is 6.25. The molecule has 1 atom stereocenters. The maximum Gasteiger partial charge on any atom is 0.426 e. The molecule has 0 aromatic carbocycles. The van der Waals surface area contributed by atoms with Crippen molar-refractivity contribution in [3.63, 3.8) is 0 Å². The van der Waals surface area contributed by atoms with E-state index < -0.39 is 17.7 Å². The lowest BCUT2D eigenvalue weighted by Crippen LogP contribution is -2.49. The fraction of sp³-hybridized carbons (Fsp3) is 0.600. The summed E-state index contributed by atoms with van der Waals surface area (Å²) >= 11 is 0. The van der Waals surface area contributed by atoms with Gasteiger partial charge in [-0.05, 0) is 51.7 Å². The second-order valence-corrected chi connectivity index (χ2v) is 6.25. The number of hydrogen-bond acceptors (Lipinski definition) is 3. The van der Waals surface area contributed by atoms with E-state index in [0.717, 1.165) is 6.42 Å². The van der Waals surface area contributed by atoms with Crippen molar-refractivity contribution in [2.45, 2.75) is 58.1 Å². The van der Waals surface area contributed by atoms with Crippen LogP contribution in [-0.2, 0) is 9.53 Å². The number of carbonyl (C=O) groups excluding carboxylic acids is 2. The molecular formula is C15H21FN2O3. The first kappa shape index (κ1) is 15.5. The quantitative estimate of drug-likeness (QED) is 0.852. The molecule has 1 saturated heterocycles. The van der Waals surface area contributed by atoms with E-state index in [1.165, 1.54) is 11.1 Å². The van der Waals surface area contributed by atoms with Crippen LogP contribution in [0.3, 0.4) is 0 Å². The molecule has 0 bridgehead atoms. The van der Waals surface area contributed by atoms with Crippen LogP contribution in [0.5, 0.6) is 0 Å². The first-order valence-electron chi connectivity index (χ1n) is 7.15. The Morgan fingerprint density at radius 1 is 1.43 bits per heavy atom. The summed E-state index contributed by atoms with van der Waals surface area (Å²) < 4.78 is 19.1. The zero-order valence-corrected chi connectivity index (χ0v) is 12.6. The maximum atomic E-state index is 13.9. The molecule has 1 aliphatic carbocycles. The Kier molecular flexibility index (Phi) is 4.34. The largest absolute Gasteiger partial charge is 0.443 e. The molecule has 5 nitrogen and oxygen atoms in total. The molecule has 2 aliphatic rings. The van der Waals surface area contributed by atoms with Gasteiger partial charge in [-0.2, -0.15) is 0 Å². The molecular weight excluding hydrogens is 275 g/mol. The minimum Gasteiger partial charge on any atom is -0.443 e. The number of hydrogen-bond donors (Lipinski definition) is 1. The molecule has 2 amide bonds. The molecule has 6 heteroatoms. The smallest absolute Gasteiger partial charge is 0.426 e. The third-order valence-corrected chi connectivity index (χ3v) is 3.38. The molecule has 1 heterocycles. The van der Waals surface area contributed by atoms with Crippen molar-refractivity contribution in [3.8, 4) is 0 Å². The molecule has 1 N–H and O–H groups in total. The van der Waals surface area contributed by atoms with Gasteiger partial charge < -0.3 is 4.74 Å². The highest BCUT2D eigenvalue weighted by atomic mass is 19.1. The van der Waals surface area contributed by atoms with E-state index in [0.29, 0.717) is 24.8 Å². The molecule has 116 valence electrons. The van der Waals surface area contributed by atoms with Crippen LogP contribution in [0.4, 0.5) is 9.18 Å². The van der Waals surface area contributed by atoms with E-state index in [2.05, 4.69) is 5.43 Å². The van der Waals surface area contributed by atoms with E-state index in [1.807, 2.05) is 0 Å². The van der Waals surface area contributed by atoms with Gasteiger partial charge in [0, 0.05) is 6.42 Å². The van der Waals surface area contributed by atoms with Gasteiger partial charge in [-0.15, -0.1) is 0 Å². The van der Waals surface area contributed by atoms with E-state index in [1.54, 1.807) is 26.8 Å². The van der Waals surface area contributed by atoms with Crippen LogP contribution >= 0.6 is 0 Å². The molecule has 0 aromatic heterocycles. The summed E-state index contributed by atoms with van der Waals surface area (Å²) in [6, 6.07) is -0.421. The SMILES string of the molecule is CC(C)(C)OC(=O)NN1C(=O)CCC1C1=C(F)C=CCC1. The zero-order valence-electron chi connectivity index (χ0n) is 12.6. The summed E-state index contributed by atoms with van der Waals surface area (Å²) in [5, 5.41) is 1.21. The number of amides is 2. The number of ether oxygens (including phenoxy) is 1. The lowest BCUT2D eigenvalue weighted by molar-refractivity contribution is -0.131. The minimum atomic E-state index is -0.699. The van der Waals surface area contributed by atoms with Crippen molar-refractivity contribution in [3.05, 3.63) is 23.6 Å². The van der Waals surface area contributed by atoms with Crippen molar-refractivity contribution >= 4 is 12.0 Å². The lowest BCUT2D eigenvalue weighted by atomic mass is 9.96. The molecule has 0 radical (unpaired) electrons. The third kappa shape index (κ3) is 3.83. The van der Waals surface area contributed by atoms with Crippen molar-refractivity contribution < 1.29 is 18.7 Å². The van der Waals surface area contributed by atoms with Crippen LogP contribution in [0, 0.1) is 0 Å². The van der Waals surface area contributed by atoms with Gasteiger partial charge in [-0.3, -0.25) is 4.79 Å². The number of rotatable bonds is 2.